The Morgan fingerprint density at radius 2 is 1.31 bits per heavy atom. The summed E-state index contributed by atoms with van der Waals surface area (Å²) in [6.45, 7) is 4.00. The summed E-state index contributed by atoms with van der Waals surface area (Å²) in [6, 6.07) is 8.55. The van der Waals surface area contributed by atoms with Crippen LogP contribution in [0.1, 0.15) is 25.0 Å². The zero-order valence-electron chi connectivity index (χ0n) is 15.2. The number of hydrogen-bond donors (Lipinski definition) is 0. The second kappa shape index (κ2) is 7.09. The summed E-state index contributed by atoms with van der Waals surface area (Å²) in [5, 5.41) is -0.687. The molecule has 152 valence electrons. The highest BCUT2D eigenvalue weighted by Gasteiger charge is 2.35. The van der Waals surface area contributed by atoms with E-state index in [9.17, 15) is 31.1 Å². The highest BCUT2D eigenvalue weighted by Crippen LogP contribution is 2.38. The summed E-state index contributed by atoms with van der Waals surface area (Å²) >= 11 is 0. The lowest BCUT2D eigenvalue weighted by Crippen LogP contribution is -2.10. The number of benzene rings is 3. The van der Waals surface area contributed by atoms with Crippen molar-refractivity contribution in [2.75, 3.05) is 0 Å². The van der Waals surface area contributed by atoms with Gasteiger partial charge in [0.15, 0.2) is 5.58 Å². The summed E-state index contributed by atoms with van der Waals surface area (Å²) in [7, 11) is 0. The molecule has 4 rings (SSSR count). The molecule has 0 aliphatic carbocycles. The average Bonchev–Trinajstić information content (AvgIpc) is 2.66. The summed E-state index contributed by atoms with van der Waals surface area (Å²) in [6.07, 6.45) is -9.39. The van der Waals surface area contributed by atoms with Crippen molar-refractivity contribution in [1.82, 2.24) is 0 Å². The third kappa shape index (κ3) is 3.54. The van der Waals surface area contributed by atoms with Gasteiger partial charge in [0.05, 0.1) is 21.9 Å². The van der Waals surface area contributed by atoms with Crippen molar-refractivity contribution in [2.24, 2.45) is 0 Å². The van der Waals surface area contributed by atoms with Crippen LogP contribution in [0.3, 0.4) is 0 Å². The van der Waals surface area contributed by atoms with Crippen LogP contribution in [-0.4, -0.2) is 0 Å². The Bertz CT molecular complexity index is 1270. The molecule has 0 unspecified atom stereocenters. The highest BCUT2D eigenvalue weighted by atomic mass is 19.4. The number of rotatable bonds is 0. The van der Waals surface area contributed by atoms with Crippen LogP contribution in [0.4, 0.5) is 26.3 Å². The summed E-state index contributed by atoms with van der Waals surface area (Å²) < 4.78 is 84.6. The number of halogens is 6. The minimum Gasteiger partial charge on any atom is -0.455 e. The Labute approximate surface area is 160 Å². The van der Waals surface area contributed by atoms with Gasteiger partial charge in [-0.2, -0.15) is 26.3 Å². The molecule has 0 fully saturated rings. The van der Waals surface area contributed by atoms with E-state index < -0.39 is 34.5 Å². The molecule has 0 amide bonds. The Balaban J connectivity index is 0.00000117. The number of hydrogen-bond acceptors (Lipinski definition) is 2. The van der Waals surface area contributed by atoms with Gasteiger partial charge in [-0.1, -0.05) is 32.0 Å². The van der Waals surface area contributed by atoms with Crippen LogP contribution < -0.4 is 5.43 Å². The molecule has 8 heteroatoms. The maximum absolute atomic E-state index is 13.2. The Kier molecular flexibility index (Phi) is 5.06. The van der Waals surface area contributed by atoms with Gasteiger partial charge in [-0.25, -0.2) is 0 Å². The van der Waals surface area contributed by atoms with E-state index >= 15 is 0 Å². The van der Waals surface area contributed by atoms with Crippen LogP contribution in [0.25, 0.3) is 32.7 Å². The molecule has 0 aliphatic heterocycles. The van der Waals surface area contributed by atoms with Gasteiger partial charge in [0.25, 0.3) is 0 Å². The van der Waals surface area contributed by atoms with E-state index in [2.05, 4.69) is 0 Å². The molecular weight excluding hydrogens is 398 g/mol. The van der Waals surface area contributed by atoms with Gasteiger partial charge in [-0.15, -0.1) is 0 Å². The van der Waals surface area contributed by atoms with Gasteiger partial charge in [0, 0.05) is 0 Å². The fraction of sp³-hybridized carbons (Fsp3) is 0.190. The van der Waals surface area contributed by atoms with E-state index in [0.29, 0.717) is 0 Å². The molecule has 3 aromatic carbocycles. The maximum atomic E-state index is 13.2. The first-order valence-electron chi connectivity index (χ1n) is 8.64. The summed E-state index contributed by atoms with van der Waals surface area (Å²) in [5.74, 6) is 0. The molecule has 1 aromatic heterocycles. The van der Waals surface area contributed by atoms with Crippen LogP contribution in [0.15, 0.2) is 57.7 Å². The smallest absolute Gasteiger partial charge is 0.420 e. The van der Waals surface area contributed by atoms with Gasteiger partial charge in [0.1, 0.15) is 5.58 Å². The molecule has 0 saturated carbocycles. The lowest BCUT2D eigenvalue weighted by Gasteiger charge is -2.12. The van der Waals surface area contributed by atoms with Crippen molar-refractivity contribution in [1.29, 1.82) is 0 Å². The Morgan fingerprint density at radius 3 is 1.93 bits per heavy atom. The second-order valence-electron chi connectivity index (χ2n) is 5.98. The van der Waals surface area contributed by atoms with E-state index in [0.717, 1.165) is 36.4 Å². The molecule has 0 spiro atoms. The molecule has 0 bridgehead atoms. The van der Waals surface area contributed by atoms with Crippen LogP contribution in [0.5, 0.6) is 0 Å². The van der Waals surface area contributed by atoms with Gasteiger partial charge >= 0.3 is 12.4 Å². The summed E-state index contributed by atoms with van der Waals surface area (Å²) in [4.78, 5) is 12.7. The predicted octanol–water partition coefficient (Wildman–Crippen LogP) is 7.16. The van der Waals surface area contributed by atoms with Crippen molar-refractivity contribution >= 4 is 32.7 Å². The van der Waals surface area contributed by atoms with Crippen molar-refractivity contribution < 1.29 is 30.8 Å². The van der Waals surface area contributed by atoms with E-state index in [1.807, 2.05) is 13.8 Å². The molecule has 29 heavy (non-hydrogen) atoms. The van der Waals surface area contributed by atoms with E-state index in [1.165, 1.54) is 12.1 Å². The molecule has 0 aliphatic rings. The molecule has 1 heterocycles. The topological polar surface area (TPSA) is 30.2 Å². The van der Waals surface area contributed by atoms with Crippen molar-refractivity contribution in [3.63, 3.8) is 0 Å². The zero-order chi connectivity index (χ0) is 21.6. The molecular formula is C21H14F6O2. The molecule has 0 atom stereocenters. The maximum Gasteiger partial charge on any atom is 0.420 e. The van der Waals surface area contributed by atoms with E-state index in [-0.39, 0.29) is 27.1 Å². The van der Waals surface area contributed by atoms with Crippen molar-refractivity contribution in [3.8, 4) is 0 Å². The summed E-state index contributed by atoms with van der Waals surface area (Å²) in [5.41, 5.74) is -3.74. The first kappa shape index (κ1) is 20.7. The van der Waals surface area contributed by atoms with Gasteiger partial charge in [-0.05, 0) is 41.1 Å². The van der Waals surface area contributed by atoms with Crippen LogP contribution in [0.2, 0.25) is 0 Å². The zero-order valence-corrected chi connectivity index (χ0v) is 15.2. The first-order valence-corrected chi connectivity index (χ1v) is 8.64. The molecule has 2 nitrogen and oxygen atoms in total. The fourth-order valence-corrected chi connectivity index (χ4v) is 3.12. The monoisotopic (exact) mass is 412 g/mol. The normalized spacial score (nSPS) is 12.3. The van der Waals surface area contributed by atoms with Gasteiger partial charge in [-0.3, -0.25) is 4.79 Å². The Hall–Kier alpha value is -3.03. The highest BCUT2D eigenvalue weighted by molar-refractivity contribution is 6.01. The van der Waals surface area contributed by atoms with Crippen LogP contribution in [-0.2, 0) is 12.4 Å². The molecule has 0 saturated heterocycles. The predicted molar refractivity (Wildman–Crippen MR) is 98.8 cm³/mol. The third-order valence-electron chi connectivity index (χ3n) is 4.31. The standard InChI is InChI=1S/C19H8F6O2.C2H6/c20-18(21,22)13-5-1-3-9-7-15-12(8-11(9)13)16(26)10-4-2-6-14(17(10)27-15)19(23,24)25;1-2/h1-8H;1-2H3. The number of alkyl halides is 6. The van der Waals surface area contributed by atoms with Gasteiger partial charge in [0.2, 0.25) is 5.43 Å². The number of fused-ring (bicyclic) bond motifs is 3. The average molecular weight is 412 g/mol. The van der Waals surface area contributed by atoms with Gasteiger partial charge < -0.3 is 4.42 Å². The van der Waals surface area contributed by atoms with E-state index in [1.54, 1.807) is 0 Å². The molecule has 4 aromatic rings. The second-order valence-corrected chi connectivity index (χ2v) is 5.98. The van der Waals surface area contributed by atoms with Crippen LogP contribution in [0, 0.1) is 0 Å². The quantitative estimate of drug-likeness (QED) is 0.227. The fourth-order valence-electron chi connectivity index (χ4n) is 3.12. The SMILES string of the molecule is CC.O=c1c2cc3c(C(F)(F)F)cccc3cc2oc2c(C(F)(F)F)cccc12. The third-order valence-corrected chi connectivity index (χ3v) is 4.31. The molecule has 0 N–H and O–H groups in total. The van der Waals surface area contributed by atoms with Crippen molar-refractivity contribution in [3.05, 3.63) is 69.9 Å². The minimum atomic E-state index is -4.75. The number of para-hydroxylation sites is 1. The minimum absolute atomic E-state index is 0.101. The van der Waals surface area contributed by atoms with Crippen molar-refractivity contribution in [2.45, 2.75) is 26.2 Å². The lowest BCUT2D eigenvalue weighted by molar-refractivity contribution is -0.137. The molecule has 0 radical (unpaired) electrons. The first-order chi connectivity index (χ1) is 13.6. The Morgan fingerprint density at radius 1 is 0.724 bits per heavy atom. The lowest BCUT2D eigenvalue weighted by atomic mass is 10.0. The van der Waals surface area contributed by atoms with Crippen LogP contribution >= 0.6 is 0 Å². The van der Waals surface area contributed by atoms with E-state index in [4.69, 9.17) is 4.42 Å². The largest absolute Gasteiger partial charge is 0.455 e.